The Balaban J connectivity index is 2.16. The van der Waals surface area contributed by atoms with Gasteiger partial charge in [-0.3, -0.25) is 4.99 Å². The normalized spacial score (nSPS) is 17.7. The van der Waals surface area contributed by atoms with Crippen LogP contribution in [0, 0.1) is 0 Å². The summed E-state index contributed by atoms with van der Waals surface area (Å²) in [7, 11) is 1.71. The largest absolute Gasteiger partial charge is 0.497 e. The first-order valence-corrected chi connectivity index (χ1v) is 7.88. The molecular weight excluding hydrogens is 262 g/mol. The van der Waals surface area contributed by atoms with Crippen molar-refractivity contribution in [3.63, 3.8) is 0 Å². The van der Waals surface area contributed by atoms with E-state index in [1.165, 1.54) is 31.2 Å². The zero-order valence-electron chi connectivity index (χ0n) is 13.2. The molecule has 116 valence electrons. The first-order valence-electron chi connectivity index (χ1n) is 7.88. The van der Waals surface area contributed by atoms with Gasteiger partial charge in [-0.05, 0) is 37.0 Å². The summed E-state index contributed by atoms with van der Waals surface area (Å²) < 4.78 is 5.37. The van der Waals surface area contributed by atoms with Gasteiger partial charge in [-0.15, -0.1) is 0 Å². The molecule has 0 aliphatic heterocycles. The molecule has 3 N–H and O–H groups in total. The molecule has 1 aromatic carbocycles. The number of methoxy groups -OCH3 is 1. The van der Waals surface area contributed by atoms with Gasteiger partial charge in [0, 0.05) is 12.0 Å². The van der Waals surface area contributed by atoms with Crippen LogP contribution in [0.3, 0.4) is 0 Å². The van der Waals surface area contributed by atoms with E-state index in [1.54, 1.807) is 7.11 Å². The number of aliphatic imine (C=N–C) groups is 1. The van der Waals surface area contributed by atoms with Crippen molar-refractivity contribution in [2.45, 2.75) is 44.4 Å². The molecule has 0 unspecified atom stereocenters. The number of ether oxygens (including phenoxy) is 1. The van der Waals surface area contributed by atoms with Crippen LogP contribution in [-0.4, -0.2) is 26.2 Å². The molecule has 1 fully saturated rings. The summed E-state index contributed by atoms with van der Waals surface area (Å²) in [6.07, 6.45) is 5.91. The highest BCUT2D eigenvalue weighted by Crippen LogP contribution is 2.42. The molecule has 0 bridgehead atoms. The van der Waals surface area contributed by atoms with Crippen molar-refractivity contribution in [2.24, 2.45) is 10.7 Å². The van der Waals surface area contributed by atoms with E-state index in [1.807, 2.05) is 6.07 Å². The van der Waals surface area contributed by atoms with E-state index in [0.717, 1.165) is 25.3 Å². The van der Waals surface area contributed by atoms with Crippen LogP contribution in [0.25, 0.3) is 0 Å². The van der Waals surface area contributed by atoms with Gasteiger partial charge in [0.15, 0.2) is 5.96 Å². The van der Waals surface area contributed by atoms with E-state index in [9.17, 15) is 0 Å². The first kappa shape index (κ1) is 15.7. The van der Waals surface area contributed by atoms with Crippen LogP contribution >= 0.6 is 0 Å². The third-order valence-corrected chi connectivity index (χ3v) is 4.35. The minimum Gasteiger partial charge on any atom is -0.497 e. The Kier molecular flexibility index (Phi) is 5.48. The van der Waals surface area contributed by atoms with Crippen LogP contribution in [0.15, 0.2) is 29.3 Å². The fraction of sp³-hybridized carbons (Fsp3) is 0.588. The third kappa shape index (κ3) is 3.90. The SMILES string of the molecule is CCCNC(N)=NCC1(c2cccc(OC)c2)CCCC1. The predicted octanol–water partition coefficient (Wildman–Crippen LogP) is 2.82. The number of benzene rings is 1. The summed E-state index contributed by atoms with van der Waals surface area (Å²) in [5, 5.41) is 3.15. The van der Waals surface area contributed by atoms with Crippen molar-refractivity contribution >= 4 is 5.96 Å². The van der Waals surface area contributed by atoms with Crippen LogP contribution in [0.1, 0.15) is 44.6 Å². The van der Waals surface area contributed by atoms with E-state index in [2.05, 4.69) is 35.4 Å². The van der Waals surface area contributed by atoms with Crippen molar-refractivity contribution in [3.8, 4) is 5.75 Å². The zero-order chi connectivity index (χ0) is 15.1. The quantitative estimate of drug-likeness (QED) is 0.625. The van der Waals surface area contributed by atoms with Gasteiger partial charge in [0.05, 0.1) is 13.7 Å². The third-order valence-electron chi connectivity index (χ3n) is 4.35. The smallest absolute Gasteiger partial charge is 0.188 e. The Morgan fingerprint density at radius 3 is 2.81 bits per heavy atom. The van der Waals surface area contributed by atoms with E-state index in [-0.39, 0.29) is 5.41 Å². The van der Waals surface area contributed by atoms with Gasteiger partial charge >= 0.3 is 0 Å². The summed E-state index contributed by atoms with van der Waals surface area (Å²) in [5.74, 6) is 1.48. The highest BCUT2D eigenvalue weighted by Gasteiger charge is 2.35. The van der Waals surface area contributed by atoms with Crippen molar-refractivity contribution in [1.29, 1.82) is 0 Å². The minimum absolute atomic E-state index is 0.118. The Morgan fingerprint density at radius 2 is 2.14 bits per heavy atom. The monoisotopic (exact) mass is 289 g/mol. The lowest BCUT2D eigenvalue weighted by Gasteiger charge is -2.28. The number of nitrogens with one attached hydrogen (secondary N) is 1. The maximum atomic E-state index is 5.95. The van der Waals surface area contributed by atoms with Gasteiger partial charge in [0.25, 0.3) is 0 Å². The highest BCUT2D eigenvalue weighted by atomic mass is 16.5. The Labute approximate surface area is 127 Å². The summed E-state index contributed by atoms with van der Waals surface area (Å²) in [6.45, 7) is 3.75. The molecule has 1 aromatic rings. The Hall–Kier alpha value is -1.71. The number of guanidine groups is 1. The Bertz CT molecular complexity index is 479. The molecule has 4 nitrogen and oxygen atoms in total. The summed E-state index contributed by atoms with van der Waals surface area (Å²) >= 11 is 0. The number of rotatable bonds is 6. The summed E-state index contributed by atoms with van der Waals surface area (Å²) in [4.78, 5) is 4.59. The second-order valence-electron chi connectivity index (χ2n) is 5.85. The molecular formula is C17H27N3O. The van der Waals surface area contributed by atoms with Gasteiger partial charge in [-0.1, -0.05) is 31.9 Å². The van der Waals surface area contributed by atoms with Crippen LogP contribution in [0.5, 0.6) is 5.75 Å². The fourth-order valence-corrected chi connectivity index (χ4v) is 3.09. The summed E-state index contributed by atoms with van der Waals surface area (Å²) in [6, 6.07) is 8.40. The van der Waals surface area contributed by atoms with Crippen molar-refractivity contribution in [2.75, 3.05) is 20.2 Å². The molecule has 1 saturated carbocycles. The maximum Gasteiger partial charge on any atom is 0.188 e. The van der Waals surface area contributed by atoms with Gasteiger partial charge in [-0.2, -0.15) is 0 Å². The molecule has 0 atom stereocenters. The number of nitrogens with two attached hydrogens (primary N) is 1. The number of hydrogen-bond acceptors (Lipinski definition) is 2. The molecule has 21 heavy (non-hydrogen) atoms. The molecule has 1 aliphatic rings. The van der Waals surface area contributed by atoms with Crippen LogP contribution in [0.4, 0.5) is 0 Å². The lowest BCUT2D eigenvalue weighted by Crippen LogP contribution is -2.35. The van der Waals surface area contributed by atoms with Crippen molar-refractivity contribution < 1.29 is 4.74 Å². The topological polar surface area (TPSA) is 59.6 Å². The van der Waals surface area contributed by atoms with Gasteiger partial charge in [0.2, 0.25) is 0 Å². The molecule has 0 aromatic heterocycles. The minimum atomic E-state index is 0.118. The van der Waals surface area contributed by atoms with Crippen LogP contribution < -0.4 is 15.8 Å². The molecule has 0 amide bonds. The van der Waals surface area contributed by atoms with Gasteiger partial charge in [0.1, 0.15) is 5.75 Å². The first-order chi connectivity index (χ1) is 10.2. The van der Waals surface area contributed by atoms with Crippen molar-refractivity contribution in [1.82, 2.24) is 5.32 Å². The fourth-order valence-electron chi connectivity index (χ4n) is 3.09. The average molecular weight is 289 g/mol. The van der Waals surface area contributed by atoms with E-state index in [4.69, 9.17) is 10.5 Å². The van der Waals surface area contributed by atoms with Crippen molar-refractivity contribution in [3.05, 3.63) is 29.8 Å². The highest BCUT2D eigenvalue weighted by molar-refractivity contribution is 5.77. The van der Waals surface area contributed by atoms with Crippen LogP contribution in [0.2, 0.25) is 0 Å². The second-order valence-corrected chi connectivity index (χ2v) is 5.85. The Morgan fingerprint density at radius 1 is 1.38 bits per heavy atom. The number of hydrogen-bond donors (Lipinski definition) is 2. The average Bonchev–Trinajstić information content (AvgIpc) is 3.01. The lowest BCUT2D eigenvalue weighted by atomic mass is 9.79. The molecule has 0 heterocycles. The van der Waals surface area contributed by atoms with Crippen LogP contribution in [-0.2, 0) is 5.41 Å². The lowest BCUT2D eigenvalue weighted by molar-refractivity contribution is 0.408. The zero-order valence-corrected chi connectivity index (χ0v) is 13.2. The second kappa shape index (κ2) is 7.34. The number of nitrogens with zero attached hydrogens (tertiary/aromatic N) is 1. The van der Waals surface area contributed by atoms with Gasteiger partial charge in [-0.25, -0.2) is 0 Å². The molecule has 4 heteroatoms. The molecule has 0 saturated heterocycles. The van der Waals surface area contributed by atoms with E-state index in [0.29, 0.717) is 5.96 Å². The van der Waals surface area contributed by atoms with E-state index >= 15 is 0 Å². The molecule has 0 spiro atoms. The van der Waals surface area contributed by atoms with Gasteiger partial charge < -0.3 is 15.8 Å². The molecule has 0 radical (unpaired) electrons. The predicted molar refractivity (Wildman–Crippen MR) is 87.9 cm³/mol. The molecule has 2 rings (SSSR count). The maximum absolute atomic E-state index is 5.95. The van der Waals surface area contributed by atoms with E-state index < -0.39 is 0 Å². The summed E-state index contributed by atoms with van der Waals surface area (Å²) in [5.41, 5.74) is 7.39. The standard InChI is InChI=1S/C17H27N3O/c1-3-11-19-16(18)20-13-17(9-4-5-10-17)14-7-6-8-15(12-14)21-2/h6-8,12H,3-5,9-11,13H2,1-2H3,(H3,18,19,20). The molecule has 1 aliphatic carbocycles.